The molecule has 0 aliphatic carbocycles. The lowest BCUT2D eigenvalue weighted by molar-refractivity contribution is 0.0521. The van der Waals surface area contributed by atoms with E-state index in [0.717, 1.165) is 4.88 Å². The van der Waals surface area contributed by atoms with Gasteiger partial charge in [-0.1, -0.05) is 0 Å². The molecule has 0 bridgehead atoms. The number of esters is 1. The third kappa shape index (κ3) is 2.08. The molecule has 18 heavy (non-hydrogen) atoms. The summed E-state index contributed by atoms with van der Waals surface area (Å²) >= 11 is 1.49. The smallest absolute Gasteiger partial charge is 0.360 e. The lowest BCUT2D eigenvalue weighted by Gasteiger charge is -2.02. The van der Waals surface area contributed by atoms with Gasteiger partial charge in [0.25, 0.3) is 0 Å². The quantitative estimate of drug-likeness (QED) is 0.855. The zero-order valence-corrected chi connectivity index (χ0v) is 11.2. The number of thiazole rings is 1. The van der Waals surface area contributed by atoms with Gasteiger partial charge < -0.3 is 10.5 Å². The molecule has 2 rings (SSSR count). The van der Waals surface area contributed by atoms with Crippen LogP contribution >= 0.6 is 11.3 Å². The molecule has 0 atom stereocenters. The molecule has 6 nitrogen and oxygen atoms in total. The van der Waals surface area contributed by atoms with Gasteiger partial charge in [-0.05, 0) is 20.8 Å². The van der Waals surface area contributed by atoms with E-state index in [1.165, 1.54) is 11.3 Å². The molecule has 0 unspecified atom stereocenters. The minimum Gasteiger partial charge on any atom is -0.461 e. The first-order valence-electron chi connectivity index (χ1n) is 5.49. The number of ether oxygens (including phenoxy) is 1. The molecule has 0 radical (unpaired) electrons. The van der Waals surface area contributed by atoms with Crippen molar-refractivity contribution in [3.8, 4) is 5.13 Å². The van der Waals surface area contributed by atoms with Gasteiger partial charge in [0.05, 0.1) is 6.61 Å². The van der Waals surface area contributed by atoms with Gasteiger partial charge in [0, 0.05) is 11.1 Å². The highest BCUT2D eigenvalue weighted by Gasteiger charge is 2.21. The number of anilines is 1. The van der Waals surface area contributed by atoms with E-state index in [0.29, 0.717) is 17.6 Å². The van der Waals surface area contributed by atoms with Crippen LogP contribution in [-0.2, 0) is 4.74 Å². The Labute approximate surface area is 108 Å². The van der Waals surface area contributed by atoms with Crippen molar-refractivity contribution in [2.24, 2.45) is 0 Å². The van der Waals surface area contributed by atoms with Crippen molar-refractivity contribution < 1.29 is 9.53 Å². The minimum absolute atomic E-state index is 0.141. The number of aromatic nitrogens is 3. The van der Waals surface area contributed by atoms with Crippen LogP contribution in [-0.4, -0.2) is 27.1 Å². The zero-order valence-electron chi connectivity index (χ0n) is 10.4. The molecule has 2 N–H and O–H groups in total. The Morgan fingerprint density at radius 2 is 2.28 bits per heavy atom. The Hall–Kier alpha value is -1.89. The van der Waals surface area contributed by atoms with E-state index in [1.807, 2.05) is 6.92 Å². The van der Waals surface area contributed by atoms with Crippen LogP contribution < -0.4 is 5.73 Å². The molecule has 0 spiro atoms. The van der Waals surface area contributed by atoms with Crippen molar-refractivity contribution in [1.82, 2.24) is 14.5 Å². The number of aryl methyl sites for hydroxylation is 2. The number of carbonyl (C=O) groups is 1. The molecule has 7 heteroatoms. The number of nitrogens with zero attached hydrogens (tertiary/aromatic N) is 3. The van der Waals surface area contributed by atoms with E-state index in [1.54, 1.807) is 24.6 Å². The average Bonchev–Trinajstić information content (AvgIpc) is 2.83. The molecular weight excluding hydrogens is 252 g/mol. The second kappa shape index (κ2) is 4.77. The Kier molecular flexibility index (Phi) is 3.33. The highest BCUT2D eigenvalue weighted by Crippen LogP contribution is 2.24. The maximum Gasteiger partial charge on any atom is 0.360 e. The number of imidazole rings is 1. The number of nitrogen functional groups attached to an aromatic ring is 1. The van der Waals surface area contributed by atoms with Gasteiger partial charge in [-0.2, -0.15) is 0 Å². The van der Waals surface area contributed by atoms with Crippen LogP contribution in [0.2, 0.25) is 0 Å². The van der Waals surface area contributed by atoms with E-state index < -0.39 is 5.97 Å². The van der Waals surface area contributed by atoms with Crippen LogP contribution in [0.3, 0.4) is 0 Å². The zero-order chi connectivity index (χ0) is 13.3. The van der Waals surface area contributed by atoms with E-state index in [2.05, 4.69) is 9.97 Å². The van der Waals surface area contributed by atoms with E-state index in [9.17, 15) is 4.79 Å². The fourth-order valence-electron chi connectivity index (χ4n) is 1.59. The summed E-state index contributed by atoms with van der Waals surface area (Å²) in [6.45, 7) is 5.76. The minimum atomic E-state index is -0.509. The van der Waals surface area contributed by atoms with Crippen LogP contribution in [0.25, 0.3) is 5.13 Å². The van der Waals surface area contributed by atoms with Gasteiger partial charge in [0.15, 0.2) is 10.8 Å². The first-order chi connectivity index (χ1) is 8.54. The SMILES string of the molecule is CCOC(=O)c1nc(C)n(-c2ncc(C)s2)c1N. The molecular formula is C11H14N4O2S. The highest BCUT2D eigenvalue weighted by atomic mass is 32.1. The second-order valence-electron chi connectivity index (χ2n) is 3.70. The molecule has 0 saturated heterocycles. The molecule has 2 aromatic heterocycles. The summed E-state index contributed by atoms with van der Waals surface area (Å²) in [6.07, 6.45) is 1.75. The number of hydrogen-bond donors (Lipinski definition) is 1. The third-order valence-electron chi connectivity index (χ3n) is 2.35. The standard InChI is InChI=1S/C11H14N4O2S/c1-4-17-10(16)8-9(12)15(7(3)14-8)11-13-5-6(2)18-11/h5H,4,12H2,1-3H3. The van der Waals surface area contributed by atoms with Gasteiger partial charge in [-0.3, -0.25) is 4.57 Å². The molecule has 0 aliphatic rings. The molecule has 0 aliphatic heterocycles. The molecule has 0 fully saturated rings. The number of rotatable bonds is 3. The monoisotopic (exact) mass is 266 g/mol. The number of nitrogens with two attached hydrogens (primary N) is 1. The highest BCUT2D eigenvalue weighted by molar-refractivity contribution is 7.14. The van der Waals surface area contributed by atoms with Gasteiger partial charge in [0.1, 0.15) is 11.6 Å². The van der Waals surface area contributed by atoms with Crippen LogP contribution in [0, 0.1) is 13.8 Å². The predicted molar refractivity (Wildman–Crippen MR) is 69.1 cm³/mol. The number of carbonyl (C=O) groups excluding carboxylic acids is 1. The summed E-state index contributed by atoms with van der Waals surface area (Å²) in [4.78, 5) is 21.1. The van der Waals surface area contributed by atoms with Crippen LogP contribution in [0.1, 0.15) is 28.1 Å². The van der Waals surface area contributed by atoms with E-state index >= 15 is 0 Å². The first kappa shape index (κ1) is 12.6. The number of hydrogen-bond acceptors (Lipinski definition) is 6. The van der Waals surface area contributed by atoms with Crippen molar-refractivity contribution in [3.05, 3.63) is 22.6 Å². The van der Waals surface area contributed by atoms with Gasteiger partial charge >= 0.3 is 5.97 Å². The Morgan fingerprint density at radius 3 is 2.83 bits per heavy atom. The Morgan fingerprint density at radius 1 is 1.56 bits per heavy atom. The summed E-state index contributed by atoms with van der Waals surface area (Å²) < 4.78 is 6.56. The predicted octanol–water partition coefficient (Wildman–Crippen LogP) is 1.70. The van der Waals surface area contributed by atoms with Crippen molar-refractivity contribution in [2.75, 3.05) is 12.3 Å². The fraction of sp³-hybridized carbons (Fsp3) is 0.364. The second-order valence-corrected chi connectivity index (χ2v) is 4.92. The summed E-state index contributed by atoms with van der Waals surface area (Å²) in [5.74, 6) is 0.371. The van der Waals surface area contributed by atoms with Crippen molar-refractivity contribution >= 4 is 23.1 Å². The summed E-state index contributed by atoms with van der Waals surface area (Å²) in [6, 6.07) is 0. The topological polar surface area (TPSA) is 83.0 Å². The normalized spacial score (nSPS) is 10.6. The molecule has 2 aromatic rings. The van der Waals surface area contributed by atoms with E-state index in [-0.39, 0.29) is 11.5 Å². The van der Waals surface area contributed by atoms with Crippen LogP contribution in [0.4, 0.5) is 5.82 Å². The third-order valence-corrected chi connectivity index (χ3v) is 3.25. The molecule has 0 amide bonds. The van der Waals surface area contributed by atoms with Crippen molar-refractivity contribution in [3.63, 3.8) is 0 Å². The Balaban J connectivity index is 2.47. The van der Waals surface area contributed by atoms with Crippen molar-refractivity contribution in [2.45, 2.75) is 20.8 Å². The summed E-state index contributed by atoms with van der Waals surface area (Å²) in [5.41, 5.74) is 6.08. The van der Waals surface area contributed by atoms with E-state index in [4.69, 9.17) is 10.5 Å². The van der Waals surface area contributed by atoms with Crippen LogP contribution in [0.15, 0.2) is 6.20 Å². The molecule has 96 valence electrons. The molecule has 0 saturated carbocycles. The van der Waals surface area contributed by atoms with Crippen molar-refractivity contribution in [1.29, 1.82) is 0 Å². The average molecular weight is 266 g/mol. The first-order valence-corrected chi connectivity index (χ1v) is 6.31. The Bertz CT molecular complexity index is 588. The van der Waals surface area contributed by atoms with Gasteiger partial charge in [-0.25, -0.2) is 14.8 Å². The summed E-state index contributed by atoms with van der Waals surface area (Å²) in [5, 5.41) is 0.700. The van der Waals surface area contributed by atoms with Crippen LogP contribution in [0.5, 0.6) is 0 Å². The summed E-state index contributed by atoms with van der Waals surface area (Å²) in [7, 11) is 0. The largest absolute Gasteiger partial charge is 0.461 e. The maximum absolute atomic E-state index is 11.7. The lowest BCUT2D eigenvalue weighted by Crippen LogP contribution is -2.09. The van der Waals surface area contributed by atoms with Gasteiger partial charge in [0.2, 0.25) is 0 Å². The molecule has 0 aromatic carbocycles. The lowest BCUT2D eigenvalue weighted by atomic mass is 10.4. The molecule has 2 heterocycles. The maximum atomic E-state index is 11.7. The fourth-order valence-corrected chi connectivity index (χ4v) is 2.41. The van der Waals surface area contributed by atoms with Gasteiger partial charge in [-0.15, -0.1) is 11.3 Å².